The van der Waals surface area contributed by atoms with Crippen molar-refractivity contribution in [1.82, 2.24) is 0 Å². The van der Waals surface area contributed by atoms with E-state index in [1.165, 1.54) is 6.92 Å². The summed E-state index contributed by atoms with van der Waals surface area (Å²) in [7, 11) is 0. The Kier molecular flexibility index (Phi) is 4.97. The molecule has 0 radical (unpaired) electrons. The van der Waals surface area contributed by atoms with Crippen molar-refractivity contribution in [3.05, 3.63) is 11.1 Å². The van der Waals surface area contributed by atoms with Crippen molar-refractivity contribution in [2.24, 2.45) is 0 Å². The van der Waals surface area contributed by atoms with Gasteiger partial charge in [-0.15, -0.1) is 0 Å². The van der Waals surface area contributed by atoms with Crippen LogP contribution in [-0.2, 0) is 0 Å². The van der Waals surface area contributed by atoms with Crippen LogP contribution in [0.25, 0.3) is 0 Å². The summed E-state index contributed by atoms with van der Waals surface area (Å²) in [6, 6.07) is 0. The highest BCUT2D eigenvalue weighted by atomic mass is 16.7. The molecule has 0 fully saturated rings. The van der Waals surface area contributed by atoms with Crippen LogP contribution in [0.1, 0.15) is 22.8 Å². The molecule has 124 valence electrons. The lowest BCUT2D eigenvalue weighted by atomic mass is 10.0. The van der Waals surface area contributed by atoms with Crippen LogP contribution in [0.3, 0.4) is 0 Å². The standard InChI is InChI=1S/C12H11NO10/c1-3-5(4(2)14)8(22-11(17)18)6(13)9(23-12(19)20)7(3)21-10(15)16/h13H2,1-2H3,(H,15,16)(H,17,18)(H,19,20). The Labute approximate surface area is 127 Å². The molecule has 1 rings (SSSR count). The third-order valence-electron chi connectivity index (χ3n) is 2.56. The van der Waals surface area contributed by atoms with E-state index in [1.54, 1.807) is 0 Å². The van der Waals surface area contributed by atoms with E-state index in [9.17, 15) is 19.2 Å². The van der Waals surface area contributed by atoms with Crippen LogP contribution in [0.5, 0.6) is 17.2 Å². The van der Waals surface area contributed by atoms with Gasteiger partial charge in [0.05, 0.1) is 5.56 Å². The van der Waals surface area contributed by atoms with Crippen LogP contribution in [0.2, 0.25) is 0 Å². The maximum atomic E-state index is 11.7. The van der Waals surface area contributed by atoms with Gasteiger partial charge in [-0.1, -0.05) is 0 Å². The Hall–Kier alpha value is -3.50. The lowest BCUT2D eigenvalue weighted by molar-refractivity contribution is 0.101. The highest BCUT2D eigenvalue weighted by molar-refractivity contribution is 6.03. The summed E-state index contributed by atoms with van der Waals surface area (Å²) >= 11 is 0. The van der Waals surface area contributed by atoms with Crippen molar-refractivity contribution in [2.45, 2.75) is 13.8 Å². The molecule has 23 heavy (non-hydrogen) atoms. The van der Waals surface area contributed by atoms with Crippen molar-refractivity contribution in [2.75, 3.05) is 5.73 Å². The Bertz CT molecular complexity index is 709. The highest BCUT2D eigenvalue weighted by Gasteiger charge is 2.30. The second-order valence-electron chi connectivity index (χ2n) is 4.06. The molecule has 0 atom stereocenters. The van der Waals surface area contributed by atoms with Gasteiger partial charge in [-0.25, -0.2) is 14.4 Å². The average Bonchev–Trinajstić information content (AvgIpc) is 2.38. The fourth-order valence-corrected chi connectivity index (χ4v) is 1.83. The minimum Gasteiger partial charge on any atom is -0.449 e. The summed E-state index contributed by atoms with van der Waals surface area (Å²) < 4.78 is 13.1. The normalized spacial score (nSPS) is 9.83. The highest BCUT2D eigenvalue weighted by Crippen LogP contribution is 2.46. The number of carboxylic acid groups (broad SMARTS) is 3. The van der Waals surface area contributed by atoms with Crippen LogP contribution in [0.4, 0.5) is 20.1 Å². The summed E-state index contributed by atoms with van der Waals surface area (Å²) in [4.78, 5) is 43.9. The summed E-state index contributed by atoms with van der Waals surface area (Å²) in [5, 5.41) is 26.1. The lowest BCUT2D eigenvalue weighted by Gasteiger charge is -2.18. The number of nitrogen functional groups attached to an aromatic ring is 1. The van der Waals surface area contributed by atoms with Gasteiger partial charge in [0, 0.05) is 5.56 Å². The summed E-state index contributed by atoms with van der Waals surface area (Å²) in [5.41, 5.74) is 4.23. The average molecular weight is 329 g/mol. The molecule has 0 saturated heterocycles. The molecular formula is C12H11NO10. The first-order valence-corrected chi connectivity index (χ1v) is 5.75. The Morgan fingerprint density at radius 2 is 1.22 bits per heavy atom. The maximum absolute atomic E-state index is 11.7. The third kappa shape index (κ3) is 3.78. The van der Waals surface area contributed by atoms with Crippen molar-refractivity contribution in [3.63, 3.8) is 0 Å². The topological polar surface area (TPSA) is 183 Å². The molecule has 0 aliphatic rings. The van der Waals surface area contributed by atoms with Crippen molar-refractivity contribution in [1.29, 1.82) is 0 Å². The fraction of sp³-hybridized carbons (Fsp3) is 0.167. The summed E-state index contributed by atoms with van der Waals surface area (Å²) in [5.74, 6) is -2.88. The molecule has 0 saturated carbocycles. The van der Waals surface area contributed by atoms with E-state index in [0.29, 0.717) is 0 Å². The van der Waals surface area contributed by atoms with Crippen LogP contribution < -0.4 is 19.9 Å². The van der Waals surface area contributed by atoms with Gasteiger partial charge in [-0.05, 0) is 13.8 Å². The Balaban J connectivity index is 3.81. The quantitative estimate of drug-likeness (QED) is 0.274. The van der Waals surface area contributed by atoms with E-state index >= 15 is 0 Å². The zero-order valence-corrected chi connectivity index (χ0v) is 11.8. The minimum absolute atomic E-state index is 0.221. The molecule has 0 heterocycles. The van der Waals surface area contributed by atoms with Gasteiger partial charge < -0.3 is 35.3 Å². The zero-order valence-electron chi connectivity index (χ0n) is 11.8. The van der Waals surface area contributed by atoms with Gasteiger partial charge in [0.25, 0.3) is 0 Å². The molecule has 0 aliphatic carbocycles. The summed E-state index contributed by atoms with van der Waals surface area (Å²) in [6.07, 6.45) is -5.53. The number of Topliss-reactive ketones (excluding diaryl/α,β-unsaturated/α-hetero) is 1. The monoisotopic (exact) mass is 329 g/mol. The largest absolute Gasteiger partial charge is 0.511 e. The number of ketones is 1. The van der Waals surface area contributed by atoms with Crippen molar-refractivity contribution < 1.29 is 48.7 Å². The predicted molar refractivity (Wildman–Crippen MR) is 71.6 cm³/mol. The first-order valence-electron chi connectivity index (χ1n) is 5.75. The lowest BCUT2D eigenvalue weighted by Crippen LogP contribution is -2.16. The van der Waals surface area contributed by atoms with Gasteiger partial charge in [-0.3, -0.25) is 4.79 Å². The molecule has 0 spiro atoms. The molecule has 1 aromatic rings. The van der Waals surface area contributed by atoms with Gasteiger partial charge >= 0.3 is 18.5 Å². The van der Waals surface area contributed by atoms with Gasteiger partial charge in [0.1, 0.15) is 5.69 Å². The number of hydrogen-bond donors (Lipinski definition) is 4. The van der Waals surface area contributed by atoms with E-state index in [-0.39, 0.29) is 11.1 Å². The van der Waals surface area contributed by atoms with Crippen molar-refractivity contribution >= 4 is 29.9 Å². The smallest absolute Gasteiger partial charge is 0.449 e. The molecule has 0 amide bonds. The molecular weight excluding hydrogens is 318 g/mol. The molecule has 0 aromatic heterocycles. The molecule has 0 bridgehead atoms. The van der Waals surface area contributed by atoms with E-state index in [2.05, 4.69) is 14.2 Å². The Morgan fingerprint density at radius 1 is 0.826 bits per heavy atom. The fourth-order valence-electron chi connectivity index (χ4n) is 1.83. The number of nitrogens with two attached hydrogens (primary N) is 1. The molecule has 11 heteroatoms. The minimum atomic E-state index is -1.87. The van der Waals surface area contributed by atoms with E-state index in [0.717, 1.165) is 6.92 Å². The first-order chi connectivity index (χ1) is 10.6. The predicted octanol–water partition coefficient (Wildman–Crippen LogP) is 1.95. The van der Waals surface area contributed by atoms with Crippen LogP contribution in [0.15, 0.2) is 0 Å². The number of anilines is 1. The first kappa shape index (κ1) is 17.6. The number of benzene rings is 1. The molecule has 5 N–H and O–H groups in total. The number of rotatable bonds is 4. The van der Waals surface area contributed by atoms with Gasteiger partial charge in [0.15, 0.2) is 17.3 Å². The number of hydrogen-bond acceptors (Lipinski definition) is 8. The van der Waals surface area contributed by atoms with E-state index < -0.39 is 47.2 Å². The number of carbonyl (C=O) groups is 4. The van der Waals surface area contributed by atoms with E-state index in [4.69, 9.17) is 21.1 Å². The second-order valence-corrected chi connectivity index (χ2v) is 4.06. The third-order valence-corrected chi connectivity index (χ3v) is 2.56. The van der Waals surface area contributed by atoms with Crippen molar-refractivity contribution in [3.8, 4) is 17.2 Å². The zero-order chi connectivity index (χ0) is 17.9. The molecule has 0 unspecified atom stereocenters. The molecule has 11 nitrogen and oxygen atoms in total. The van der Waals surface area contributed by atoms with Crippen LogP contribution in [-0.4, -0.2) is 39.6 Å². The SMILES string of the molecule is CC(=O)c1c(C)c(OC(=O)O)c(OC(=O)O)c(N)c1OC(=O)O. The molecule has 1 aromatic carbocycles. The molecule has 0 aliphatic heterocycles. The summed E-state index contributed by atoms with van der Waals surface area (Å²) in [6.45, 7) is 2.22. The van der Waals surface area contributed by atoms with Gasteiger partial charge in [-0.2, -0.15) is 0 Å². The van der Waals surface area contributed by atoms with Crippen LogP contribution >= 0.6 is 0 Å². The maximum Gasteiger partial charge on any atom is 0.511 e. The second kappa shape index (κ2) is 6.51. The van der Waals surface area contributed by atoms with Gasteiger partial charge in [0.2, 0.25) is 5.75 Å². The Morgan fingerprint density at radius 3 is 1.61 bits per heavy atom. The van der Waals surface area contributed by atoms with Crippen LogP contribution in [0, 0.1) is 6.92 Å². The van der Waals surface area contributed by atoms with E-state index in [1.807, 2.05) is 0 Å². The number of ether oxygens (including phenoxy) is 3. The number of carbonyl (C=O) groups excluding carboxylic acids is 1.